The van der Waals surface area contributed by atoms with E-state index in [0.29, 0.717) is 16.7 Å². The minimum Gasteiger partial charge on any atom is -0.484 e. The molecule has 6 heteroatoms. The molecule has 0 aliphatic carbocycles. The molecular formula is C20H25N3O3. The number of rotatable bonds is 3. The quantitative estimate of drug-likeness (QED) is 0.849. The number of carbonyl (C=O) groups excluding carboxylic acids is 1. The topological polar surface area (TPSA) is 64.4 Å². The number of hydrogen-bond acceptors (Lipinski definition) is 4. The van der Waals surface area contributed by atoms with Crippen LogP contribution in [-0.2, 0) is 17.8 Å². The van der Waals surface area contributed by atoms with Crippen molar-refractivity contribution in [2.24, 2.45) is 0 Å². The number of fused-ring (bicyclic) bond motifs is 2. The average molecular weight is 355 g/mol. The summed E-state index contributed by atoms with van der Waals surface area (Å²) >= 11 is 0. The Bertz CT molecular complexity index is 868. The highest BCUT2D eigenvalue weighted by Crippen LogP contribution is 2.20. The lowest BCUT2D eigenvalue weighted by molar-refractivity contribution is -0.134. The monoisotopic (exact) mass is 355 g/mol. The van der Waals surface area contributed by atoms with Crippen molar-refractivity contribution >= 4 is 16.8 Å². The maximum Gasteiger partial charge on any atom is 0.261 e. The van der Waals surface area contributed by atoms with Crippen LogP contribution in [0.3, 0.4) is 0 Å². The van der Waals surface area contributed by atoms with E-state index in [1.165, 1.54) is 6.42 Å². The van der Waals surface area contributed by atoms with Gasteiger partial charge in [0.25, 0.3) is 11.5 Å². The van der Waals surface area contributed by atoms with E-state index < -0.39 is 0 Å². The standard InChI is InChI=1S/C20H25N3O3/c24-19(22-10-4-2-5-11-22)14-26-15-8-9-17-16(13-15)20(25)23-12-6-1-3-7-18(23)21-17/h8-9,13H,1-7,10-12,14H2. The molecule has 6 nitrogen and oxygen atoms in total. The summed E-state index contributed by atoms with van der Waals surface area (Å²) in [7, 11) is 0. The fourth-order valence-electron chi connectivity index (χ4n) is 3.87. The molecule has 3 heterocycles. The number of carbonyl (C=O) groups is 1. The third kappa shape index (κ3) is 3.45. The number of benzene rings is 1. The summed E-state index contributed by atoms with van der Waals surface area (Å²) in [6.45, 7) is 2.38. The summed E-state index contributed by atoms with van der Waals surface area (Å²) in [6.07, 6.45) is 7.40. The van der Waals surface area contributed by atoms with Gasteiger partial charge in [0.05, 0.1) is 10.9 Å². The second-order valence-corrected chi connectivity index (χ2v) is 7.20. The van der Waals surface area contributed by atoms with Crippen molar-refractivity contribution in [3.63, 3.8) is 0 Å². The Morgan fingerprint density at radius 3 is 2.65 bits per heavy atom. The van der Waals surface area contributed by atoms with Gasteiger partial charge in [0.15, 0.2) is 6.61 Å². The number of likely N-dealkylation sites (tertiary alicyclic amines) is 1. The molecule has 2 aromatic rings. The Kier molecular flexibility index (Phi) is 4.91. The maximum absolute atomic E-state index is 12.9. The third-order valence-corrected chi connectivity index (χ3v) is 5.36. The molecule has 0 unspecified atom stereocenters. The van der Waals surface area contributed by atoms with Gasteiger partial charge >= 0.3 is 0 Å². The summed E-state index contributed by atoms with van der Waals surface area (Å²) in [5, 5.41) is 0.568. The first-order chi connectivity index (χ1) is 12.7. The van der Waals surface area contributed by atoms with Crippen molar-refractivity contribution < 1.29 is 9.53 Å². The third-order valence-electron chi connectivity index (χ3n) is 5.36. The molecule has 1 aromatic carbocycles. The molecule has 4 rings (SSSR count). The number of ether oxygens (including phenoxy) is 1. The molecular weight excluding hydrogens is 330 g/mol. The highest BCUT2D eigenvalue weighted by Gasteiger charge is 2.18. The van der Waals surface area contributed by atoms with Gasteiger partial charge in [0.1, 0.15) is 11.6 Å². The molecule has 0 atom stereocenters. The van der Waals surface area contributed by atoms with Crippen LogP contribution in [0.2, 0.25) is 0 Å². The number of aromatic nitrogens is 2. The Morgan fingerprint density at radius 1 is 1.04 bits per heavy atom. The predicted octanol–water partition coefficient (Wildman–Crippen LogP) is 2.51. The van der Waals surface area contributed by atoms with Crippen LogP contribution in [-0.4, -0.2) is 40.1 Å². The van der Waals surface area contributed by atoms with Crippen LogP contribution in [0.4, 0.5) is 0 Å². The van der Waals surface area contributed by atoms with Gasteiger partial charge in [-0.25, -0.2) is 4.98 Å². The summed E-state index contributed by atoms with van der Waals surface area (Å²) in [4.78, 5) is 31.7. The van der Waals surface area contributed by atoms with Crippen LogP contribution >= 0.6 is 0 Å². The SMILES string of the molecule is O=C(COc1ccc2nc3n(c(=O)c2c1)CCCCC3)N1CCCCC1. The van der Waals surface area contributed by atoms with E-state index in [9.17, 15) is 9.59 Å². The van der Waals surface area contributed by atoms with Crippen molar-refractivity contribution in [1.29, 1.82) is 0 Å². The molecule has 26 heavy (non-hydrogen) atoms. The molecule has 0 radical (unpaired) electrons. The van der Waals surface area contributed by atoms with Crippen molar-refractivity contribution in [2.75, 3.05) is 19.7 Å². The molecule has 138 valence electrons. The molecule has 0 spiro atoms. The Balaban J connectivity index is 1.54. The van der Waals surface area contributed by atoms with Crippen molar-refractivity contribution in [3.8, 4) is 5.75 Å². The fourth-order valence-corrected chi connectivity index (χ4v) is 3.87. The van der Waals surface area contributed by atoms with Gasteiger partial charge in [-0.05, 0) is 50.3 Å². The molecule has 1 saturated heterocycles. The Morgan fingerprint density at radius 2 is 1.81 bits per heavy atom. The van der Waals surface area contributed by atoms with E-state index >= 15 is 0 Å². The first-order valence-corrected chi connectivity index (χ1v) is 9.66. The number of nitrogens with zero attached hydrogens (tertiary/aromatic N) is 3. The molecule has 0 bridgehead atoms. The Labute approximate surface area is 152 Å². The lowest BCUT2D eigenvalue weighted by atomic mass is 10.1. The highest BCUT2D eigenvalue weighted by molar-refractivity contribution is 5.80. The lowest BCUT2D eigenvalue weighted by Gasteiger charge is -2.26. The van der Waals surface area contributed by atoms with E-state index in [4.69, 9.17) is 4.74 Å². The van der Waals surface area contributed by atoms with E-state index in [2.05, 4.69) is 4.98 Å². The number of amides is 1. The predicted molar refractivity (Wildman–Crippen MR) is 99.5 cm³/mol. The van der Waals surface area contributed by atoms with Gasteiger partial charge in [-0.3, -0.25) is 14.2 Å². The number of aryl methyl sites for hydroxylation is 1. The van der Waals surface area contributed by atoms with Crippen LogP contribution in [0.25, 0.3) is 10.9 Å². The Hall–Kier alpha value is -2.37. The van der Waals surface area contributed by atoms with Crippen LogP contribution in [0.1, 0.15) is 44.3 Å². The minimum absolute atomic E-state index is 0.000271. The normalized spacial score (nSPS) is 17.6. The van der Waals surface area contributed by atoms with Gasteiger partial charge in [-0.15, -0.1) is 0 Å². The van der Waals surface area contributed by atoms with E-state index in [-0.39, 0.29) is 18.1 Å². The smallest absolute Gasteiger partial charge is 0.261 e. The van der Waals surface area contributed by atoms with Crippen LogP contribution in [0, 0.1) is 0 Å². The maximum atomic E-state index is 12.9. The van der Waals surface area contributed by atoms with Crippen LogP contribution in [0.5, 0.6) is 5.75 Å². The second-order valence-electron chi connectivity index (χ2n) is 7.20. The first kappa shape index (κ1) is 17.1. The zero-order valence-corrected chi connectivity index (χ0v) is 15.1. The summed E-state index contributed by atoms with van der Waals surface area (Å²) in [6, 6.07) is 5.35. The fraction of sp³-hybridized carbons (Fsp3) is 0.550. The van der Waals surface area contributed by atoms with E-state index in [1.807, 2.05) is 11.0 Å². The van der Waals surface area contributed by atoms with Gasteiger partial charge in [0, 0.05) is 26.1 Å². The molecule has 2 aliphatic heterocycles. The molecule has 1 amide bonds. The first-order valence-electron chi connectivity index (χ1n) is 9.66. The lowest BCUT2D eigenvalue weighted by Crippen LogP contribution is -2.38. The van der Waals surface area contributed by atoms with Gasteiger partial charge < -0.3 is 9.64 Å². The molecule has 0 saturated carbocycles. The molecule has 0 N–H and O–H groups in total. The molecule has 1 fully saturated rings. The average Bonchev–Trinajstić information content (AvgIpc) is 2.93. The second kappa shape index (κ2) is 7.48. The van der Waals surface area contributed by atoms with Crippen molar-refractivity contribution in [1.82, 2.24) is 14.5 Å². The minimum atomic E-state index is -0.000271. The van der Waals surface area contributed by atoms with Crippen LogP contribution in [0.15, 0.2) is 23.0 Å². The van der Waals surface area contributed by atoms with Crippen molar-refractivity contribution in [2.45, 2.75) is 51.5 Å². The largest absolute Gasteiger partial charge is 0.484 e. The van der Waals surface area contributed by atoms with E-state index in [0.717, 1.165) is 64.0 Å². The molecule has 1 aromatic heterocycles. The summed E-state index contributed by atoms with van der Waals surface area (Å²) in [5.41, 5.74) is 0.706. The van der Waals surface area contributed by atoms with Gasteiger partial charge in [-0.1, -0.05) is 6.42 Å². The highest BCUT2D eigenvalue weighted by atomic mass is 16.5. The van der Waals surface area contributed by atoms with Crippen LogP contribution < -0.4 is 10.3 Å². The number of hydrogen-bond donors (Lipinski definition) is 0. The van der Waals surface area contributed by atoms with Gasteiger partial charge in [-0.2, -0.15) is 0 Å². The van der Waals surface area contributed by atoms with Crippen molar-refractivity contribution in [3.05, 3.63) is 34.4 Å². The number of piperidine rings is 1. The zero-order valence-electron chi connectivity index (χ0n) is 15.1. The summed E-state index contributed by atoms with van der Waals surface area (Å²) < 4.78 is 7.49. The zero-order chi connectivity index (χ0) is 17.9. The summed E-state index contributed by atoms with van der Waals surface area (Å²) in [5.74, 6) is 1.45. The van der Waals surface area contributed by atoms with Gasteiger partial charge in [0.2, 0.25) is 0 Å². The molecule has 2 aliphatic rings. The van der Waals surface area contributed by atoms with E-state index in [1.54, 1.807) is 16.7 Å².